The third-order valence-corrected chi connectivity index (χ3v) is 5.80. The third kappa shape index (κ3) is 4.34. The van der Waals surface area contributed by atoms with Gasteiger partial charge in [-0.3, -0.25) is 4.79 Å². The average molecular weight is 460 g/mol. The minimum Gasteiger partial charge on any atom is -0.454 e. The molecule has 4 rings (SSSR count). The first-order chi connectivity index (χ1) is 13.6. The van der Waals surface area contributed by atoms with Crippen LogP contribution in [0.15, 0.2) is 58.3 Å². The molecule has 0 spiro atoms. The molecule has 144 valence electrons. The van der Waals surface area contributed by atoms with Gasteiger partial charge in [0.1, 0.15) is 0 Å². The summed E-state index contributed by atoms with van der Waals surface area (Å²) < 4.78 is 11.7. The van der Waals surface area contributed by atoms with Crippen LogP contribution >= 0.6 is 27.7 Å². The molecule has 2 aromatic carbocycles. The molecule has 1 amide bonds. The number of aromatic nitrogens is 2. The fraction of sp³-hybridized carbons (Fsp3) is 0.200. The number of nitrogens with zero attached hydrogens (tertiary/aromatic N) is 1. The minimum absolute atomic E-state index is 0.0516. The second-order valence-electron chi connectivity index (χ2n) is 6.27. The molecule has 1 aliphatic rings. The molecule has 1 atom stereocenters. The van der Waals surface area contributed by atoms with E-state index in [2.05, 4.69) is 31.2 Å². The van der Waals surface area contributed by atoms with E-state index in [1.165, 1.54) is 11.8 Å². The van der Waals surface area contributed by atoms with Gasteiger partial charge in [0.2, 0.25) is 12.7 Å². The fourth-order valence-electron chi connectivity index (χ4n) is 2.74. The lowest BCUT2D eigenvalue weighted by molar-refractivity contribution is -0.120. The molecule has 0 radical (unpaired) electrons. The van der Waals surface area contributed by atoms with Gasteiger partial charge in [-0.1, -0.05) is 45.9 Å². The first-order valence-electron chi connectivity index (χ1n) is 8.72. The number of fused-ring (bicyclic) bond motifs is 1. The Labute approximate surface area is 175 Å². The van der Waals surface area contributed by atoms with Gasteiger partial charge in [-0.25, -0.2) is 4.98 Å². The van der Waals surface area contributed by atoms with E-state index in [-0.39, 0.29) is 18.0 Å². The molecule has 0 aliphatic carbocycles. The molecule has 0 bridgehead atoms. The Kier molecular flexibility index (Phi) is 5.59. The molecule has 3 aromatic rings. The van der Waals surface area contributed by atoms with Crippen molar-refractivity contribution in [3.8, 4) is 22.8 Å². The summed E-state index contributed by atoms with van der Waals surface area (Å²) in [6.07, 6.45) is 1.78. The summed E-state index contributed by atoms with van der Waals surface area (Å²) in [7, 11) is 0. The van der Waals surface area contributed by atoms with Gasteiger partial charge in [0, 0.05) is 11.0 Å². The Hall–Kier alpha value is -2.45. The largest absolute Gasteiger partial charge is 0.454 e. The van der Waals surface area contributed by atoms with Crippen molar-refractivity contribution < 1.29 is 14.3 Å². The second-order valence-corrected chi connectivity index (χ2v) is 8.52. The van der Waals surface area contributed by atoms with Crippen LogP contribution in [0, 0.1) is 0 Å². The summed E-state index contributed by atoms with van der Waals surface area (Å²) in [6, 6.07) is 13.6. The summed E-state index contributed by atoms with van der Waals surface area (Å²) in [4.78, 5) is 20.1. The molecule has 1 aromatic heterocycles. The molecular weight excluding hydrogens is 442 g/mol. The van der Waals surface area contributed by atoms with Crippen molar-refractivity contribution in [3.63, 3.8) is 0 Å². The lowest BCUT2D eigenvalue weighted by atomic mass is 10.2. The van der Waals surface area contributed by atoms with Crippen LogP contribution in [0.4, 0.5) is 0 Å². The number of thioether (sulfide) groups is 1. The second kappa shape index (κ2) is 8.28. The maximum absolute atomic E-state index is 12.4. The standard InChI is InChI=1S/C20H18BrN3O3S/c1-12(19(25)22-9-13-2-7-17-18(8-13)27-11-26-17)28-20-23-10-16(24-20)14-3-5-15(21)6-4-14/h2-8,10,12H,9,11H2,1H3,(H,22,25)(H,23,24)/t12-/m1/s1. The van der Waals surface area contributed by atoms with Crippen LogP contribution in [0.25, 0.3) is 11.3 Å². The minimum atomic E-state index is -0.280. The number of halogens is 1. The highest BCUT2D eigenvalue weighted by molar-refractivity contribution is 9.10. The number of imidazole rings is 1. The Bertz CT molecular complexity index is 991. The Morgan fingerprint density at radius 1 is 1.25 bits per heavy atom. The van der Waals surface area contributed by atoms with Gasteiger partial charge in [-0.05, 0) is 42.3 Å². The van der Waals surface area contributed by atoms with Gasteiger partial charge < -0.3 is 19.8 Å². The highest BCUT2D eigenvalue weighted by Gasteiger charge is 2.17. The van der Waals surface area contributed by atoms with E-state index in [4.69, 9.17) is 9.47 Å². The van der Waals surface area contributed by atoms with Crippen LogP contribution in [0.2, 0.25) is 0 Å². The van der Waals surface area contributed by atoms with Gasteiger partial charge in [-0.15, -0.1) is 0 Å². The molecule has 0 saturated heterocycles. The molecule has 8 heteroatoms. The number of hydrogen-bond acceptors (Lipinski definition) is 5. The first-order valence-corrected chi connectivity index (χ1v) is 10.4. The summed E-state index contributed by atoms with van der Waals surface area (Å²) in [6.45, 7) is 2.54. The zero-order valence-electron chi connectivity index (χ0n) is 15.1. The summed E-state index contributed by atoms with van der Waals surface area (Å²) >= 11 is 4.82. The predicted octanol–water partition coefficient (Wildman–Crippen LogP) is 4.36. The van der Waals surface area contributed by atoms with Crippen LogP contribution < -0.4 is 14.8 Å². The lowest BCUT2D eigenvalue weighted by Crippen LogP contribution is -2.30. The number of nitrogens with one attached hydrogen (secondary N) is 2. The zero-order chi connectivity index (χ0) is 19.5. The van der Waals surface area contributed by atoms with Crippen molar-refractivity contribution in [1.82, 2.24) is 15.3 Å². The van der Waals surface area contributed by atoms with Crippen molar-refractivity contribution in [2.75, 3.05) is 6.79 Å². The Morgan fingerprint density at radius 3 is 2.86 bits per heavy atom. The average Bonchev–Trinajstić information content (AvgIpc) is 3.35. The van der Waals surface area contributed by atoms with Crippen LogP contribution in [-0.4, -0.2) is 27.9 Å². The third-order valence-electron chi connectivity index (χ3n) is 4.27. The number of amides is 1. The van der Waals surface area contributed by atoms with Crippen molar-refractivity contribution in [3.05, 3.63) is 58.7 Å². The number of hydrogen-bond donors (Lipinski definition) is 2. The molecule has 0 saturated carbocycles. The van der Waals surface area contributed by atoms with E-state index in [1.807, 2.05) is 49.4 Å². The maximum Gasteiger partial charge on any atom is 0.233 e. The maximum atomic E-state index is 12.4. The van der Waals surface area contributed by atoms with Gasteiger partial charge in [0.05, 0.1) is 17.1 Å². The van der Waals surface area contributed by atoms with Crippen molar-refractivity contribution in [2.24, 2.45) is 0 Å². The smallest absolute Gasteiger partial charge is 0.233 e. The van der Waals surface area contributed by atoms with Crippen LogP contribution in [0.1, 0.15) is 12.5 Å². The number of benzene rings is 2. The number of carbonyl (C=O) groups is 1. The van der Waals surface area contributed by atoms with Gasteiger partial charge in [0.15, 0.2) is 16.7 Å². The molecule has 0 fully saturated rings. The van der Waals surface area contributed by atoms with E-state index in [0.29, 0.717) is 17.5 Å². The summed E-state index contributed by atoms with van der Waals surface area (Å²) in [5.41, 5.74) is 2.93. The quantitative estimate of drug-likeness (QED) is 0.535. The van der Waals surface area contributed by atoms with Gasteiger partial charge in [-0.2, -0.15) is 0 Å². The zero-order valence-corrected chi connectivity index (χ0v) is 17.5. The highest BCUT2D eigenvalue weighted by Crippen LogP contribution is 2.32. The van der Waals surface area contributed by atoms with E-state index < -0.39 is 0 Å². The number of rotatable bonds is 6. The van der Waals surface area contributed by atoms with Crippen LogP contribution in [-0.2, 0) is 11.3 Å². The van der Waals surface area contributed by atoms with Crippen LogP contribution in [0.3, 0.4) is 0 Å². The van der Waals surface area contributed by atoms with E-state index in [1.54, 1.807) is 6.20 Å². The monoisotopic (exact) mass is 459 g/mol. The number of ether oxygens (including phenoxy) is 2. The number of H-pyrrole nitrogens is 1. The first kappa shape index (κ1) is 18.9. The Morgan fingerprint density at radius 2 is 2.04 bits per heavy atom. The van der Waals surface area contributed by atoms with Gasteiger partial charge in [0.25, 0.3) is 0 Å². The van der Waals surface area contributed by atoms with E-state index >= 15 is 0 Å². The Balaban J connectivity index is 1.32. The topological polar surface area (TPSA) is 76.2 Å². The van der Waals surface area contributed by atoms with Crippen molar-refractivity contribution >= 4 is 33.6 Å². The fourth-order valence-corrected chi connectivity index (χ4v) is 3.82. The van der Waals surface area contributed by atoms with Crippen molar-refractivity contribution in [2.45, 2.75) is 23.9 Å². The molecule has 6 nitrogen and oxygen atoms in total. The molecule has 2 N–H and O–H groups in total. The summed E-state index contributed by atoms with van der Waals surface area (Å²) in [5, 5.41) is 3.38. The molecule has 0 unspecified atom stereocenters. The molecular formula is C20H18BrN3O3S. The van der Waals surface area contributed by atoms with E-state index in [9.17, 15) is 4.79 Å². The summed E-state index contributed by atoms with van der Waals surface area (Å²) in [5.74, 6) is 1.40. The van der Waals surface area contributed by atoms with Crippen molar-refractivity contribution in [1.29, 1.82) is 0 Å². The normalized spacial score (nSPS) is 13.4. The van der Waals surface area contributed by atoms with Gasteiger partial charge >= 0.3 is 0 Å². The van der Waals surface area contributed by atoms with E-state index in [0.717, 1.165) is 27.0 Å². The number of carbonyl (C=O) groups excluding carboxylic acids is 1. The number of aromatic amines is 1. The molecule has 2 heterocycles. The molecule has 1 aliphatic heterocycles. The highest BCUT2D eigenvalue weighted by atomic mass is 79.9. The molecule has 28 heavy (non-hydrogen) atoms. The lowest BCUT2D eigenvalue weighted by Gasteiger charge is -2.11. The van der Waals surface area contributed by atoms with Crippen LogP contribution in [0.5, 0.6) is 11.5 Å². The predicted molar refractivity (Wildman–Crippen MR) is 111 cm³/mol. The SMILES string of the molecule is C[C@@H](Sc1ncc(-c2ccc(Br)cc2)[nH]1)C(=O)NCc1ccc2c(c1)OCO2.